The summed E-state index contributed by atoms with van der Waals surface area (Å²) >= 11 is 0. The maximum absolute atomic E-state index is 12.6. The first-order valence-electron chi connectivity index (χ1n) is 8.78. The van der Waals surface area contributed by atoms with Gasteiger partial charge in [0, 0.05) is 19.5 Å². The van der Waals surface area contributed by atoms with E-state index < -0.39 is 11.7 Å². The van der Waals surface area contributed by atoms with Crippen LogP contribution in [0.15, 0.2) is 24.3 Å². The predicted molar refractivity (Wildman–Crippen MR) is 86.5 cm³/mol. The molecule has 0 heterocycles. The van der Waals surface area contributed by atoms with Gasteiger partial charge in [0.1, 0.15) is 0 Å². The summed E-state index contributed by atoms with van der Waals surface area (Å²) < 4.78 is 37.8. The number of halogens is 3. The highest BCUT2D eigenvalue weighted by Gasteiger charge is 2.45. The Balaban J connectivity index is 1.55. The largest absolute Gasteiger partial charge is 0.416 e. The van der Waals surface area contributed by atoms with Crippen molar-refractivity contribution in [1.29, 1.82) is 0 Å². The maximum atomic E-state index is 12.6. The number of nitrogens with zero attached hydrogens (tertiary/aromatic N) is 1. The van der Waals surface area contributed by atoms with Crippen molar-refractivity contribution in [2.45, 2.75) is 50.6 Å². The van der Waals surface area contributed by atoms with E-state index in [-0.39, 0.29) is 17.7 Å². The van der Waals surface area contributed by atoms with Gasteiger partial charge in [-0.15, -0.1) is 0 Å². The van der Waals surface area contributed by atoms with Crippen LogP contribution in [-0.2, 0) is 11.0 Å². The molecule has 2 fully saturated rings. The Morgan fingerprint density at radius 2 is 1.75 bits per heavy atom. The standard InChI is InChI=1S/C19H24F3NO/c1-23(12-13-5-3-2-4-6-13)18(24)17-11-16(17)14-7-9-15(10-8-14)19(20,21)22/h7-10,13,16-17H,2-6,11-12H2,1H3. The third-order valence-corrected chi connectivity index (χ3v) is 5.41. The molecule has 24 heavy (non-hydrogen) atoms. The van der Waals surface area contributed by atoms with Crippen molar-refractivity contribution in [1.82, 2.24) is 4.90 Å². The molecule has 0 aromatic heterocycles. The van der Waals surface area contributed by atoms with Gasteiger partial charge in [0.05, 0.1) is 5.56 Å². The lowest BCUT2D eigenvalue weighted by atomic mass is 9.89. The Morgan fingerprint density at radius 1 is 1.12 bits per heavy atom. The number of carbonyl (C=O) groups excluding carboxylic acids is 1. The molecule has 2 atom stereocenters. The van der Waals surface area contributed by atoms with Gasteiger partial charge in [0.2, 0.25) is 5.91 Å². The fourth-order valence-electron chi connectivity index (χ4n) is 3.89. The highest BCUT2D eigenvalue weighted by molar-refractivity contribution is 5.82. The van der Waals surface area contributed by atoms with Crippen LogP contribution in [0.4, 0.5) is 13.2 Å². The normalized spacial score (nSPS) is 24.7. The summed E-state index contributed by atoms with van der Waals surface area (Å²) in [6, 6.07) is 5.26. The average molecular weight is 339 g/mol. The van der Waals surface area contributed by atoms with Crippen molar-refractivity contribution in [2.24, 2.45) is 11.8 Å². The second-order valence-electron chi connectivity index (χ2n) is 7.29. The molecule has 2 saturated carbocycles. The topological polar surface area (TPSA) is 20.3 Å². The molecule has 2 aliphatic rings. The third-order valence-electron chi connectivity index (χ3n) is 5.41. The number of amides is 1. The van der Waals surface area contributed by atoms with Crippen LogP contribution < -0.4 is 0 Å². The molecule has 1 amide bonds. The van der Waals surface area contributed by atoms with E-state index >= 15 is 0 Å². The van der Waals surface area contributed by atoms with Crippen molar-refractivity contribution in [3.05, 3.63) is 35.4 Å². The molecule has 132 valence electrons. The molecule has 0 spiro atoms. The van der Waals surface area contributed by atoms with Crippen LogP contribution in [0.5, 0.6) is 0 Å². The van der Waals surface area contributed by atoms with E-state index in [0.29, 0.717) is 5.92 Å². The van der Waals surface area contributed by atoms with Crippen molar-refractivity contribution in [3.8, 4) is 0 Å². The zero-order chi connectivity index (χ0) is 17.3. The van der Waals surface area contributed by atoms with Gasteiger partial charge in [-0.2, -0.15) is 13.2 Å². The lowest BCUT2D eigenvalue weighted by Crippen LogP contribution is -2.33. The number of hydrogen-bond donors (Lipinski definition) is 0. The summed E-state index contributed by atoms with van der Waals surface area (Å²) in [5.74, 6) is 0.769. The van der Waals surface area contributed by atoms with E-state index in [0.717, 1.165) is 30.7 Å². The van der Waals surface area contributed by atoms with Gasteiger partial charge in [-0.05, 0) is 48.8 Å². The molecule has 0 N–H and O–H groups in total. The first kappa shape index (κ1) is 17.3. The fraction of sp³-hybridized carbons (Fsp3) is 0.632. The van der Waals surface area contributed by atoms with Crippen LogP contribution in [0.3, 0.4) is 0 Å². The maximum Gasteiger partial charge on any atom is 0.416 e. The van der Waals surface area contributed by atoms with Crippen LogP contribution in [-0.4, -0.2) is 24.4 Å². The highest BCUT2D eigenvalue weighted by Crippen LogP contribution is 2.48. The molecule has 0 bridgehead atoms. The zero-order valence-corrected chi connectivity index (χ0v) is 14.0. The van der Waals surface area contributed by atoms with Gasteiger partial charge in [-0.1, -0.05) is 31.4 Å². The van der Waals surface area contributed by atoms with Gasteiger partial charge in [-0.25, -0.2) is 0 Å². The van der Waals surface area contributed by atoms with E-state index in [2.05, 4.69) is 0 Å². The van der Waals surface area contributed by atoms with Gasteiger partial charge in [0.25, 0.3) is 0 Å². The molecule has 0 radical (unpaired) electrons. The van der Waals surface area contributed by atoms with Gasteiger partial charge in [0.15, 0.2) is 0 Å². The summed E-state index contributed by atoms with van der Waals surface area (Å²) in [4.78, 5) is 14.4. The zero-order valence-electron chi connectivity index (χ0n) is 14.0. The molecular formula is C19H24F3NO. The fourth-order valence-corrected chi connectivity index (χ4v) is 3.89. The Bertz CT molecular complexity index is 575. The smallest absolute Gasteiger partial charge is 0.345 e. The van der Waals surface area contributed by atoms with E-state index in [4.69, 9.17) is 0 Å². The number of benzene rings is 1. The minimum absolute atomic E-state index is 0.0599. The molecule has 0 aliphatic heterocycles. The summed E-state index contributed by atoms with van der Waals surface area (Å²) in [5, 5.41) is 0. The molecule has 1 aromatic carbocycles. The number of alkyl halides is 3. The van der Waals surface area contributed by atoms with E-state index in [1.807, 2.05) is 11.9 Å². The van der Waals surface area contributed by atoms with Crippen molar-refractivity contribution < 1.29 is 18.0 Å². The third kappa shape index (κ3) is 3.93. The first-order chi connectivity index (χ1) is 11.4. The molecule has 2 aliphatic carbocycles. The van der Waals surface area contributed by atoms with Crippen LogP contribution in [0, 0.1) is 11.8 Å². The number of carbonyl (C=O) groups is 1. The highest BCUT2D eigenvalue weighted by atomic mass is 19.4. The number of rotatable bonds is 4. The molecule has 3 rings (SSSR count). The van der Waals surface area contributed by atoms with Crippen LogP contribution in [0.25, 0.3) is 0 Å². The minimum atomic E-state index is -4.31. The van der Waals surface area contributed by atoms with Gasteiger partial charge in [-0.3, -0.25) is 4.79 Å². The Kier molecular flexibility index (Phi) is 4.88. The second kappa shape index (κ2) is 6.77. The van der Waals surface area contributed by atoms with E-state index in [9.17, 15) is 18.0 Å². The molecule has 1 aromatic rings. The van der Waals surface area contributed by atoms with Crippen LogP contribution in [0.1, 0.15) is 55.6 Å². The molecule has 0 saturated heterocycles. The van der Waals surface area contributed by atoms with Gasteiger partial charge >= 0.3 is 6.18 Å². The lowest BCUT2D eigenvalue weighted by molar-refractivity contribution is -0.137. The molecule has 2 unspecified atom stereocenters. The first-order valence-corrected chi connectivity index (χ1v) is 8.78. The van der Waals surface area contributed by atoms with Crippen LogP contribution in [0.2, 0.25) is 0 Å². The molecule has 5 heteroatoms. The molecule has 2 nitrogen and oxygen atoms in total. The Morgan fingerprint density at radius 3 is 2.33 bits per heavy atom. The summed E-state index contributed by atoms with van der Waals surface area (Å²) in [6.45, 7) is 0.815. The SMILES string of the molecule is CN(CC1CCCCC1)C(=O)C1CC1c1ccc(C(F)(F)F)cc1. The van der Waals surface area contributed by atoms with Crippen LogP contribution >= 0.6 is 0 Å². The second-order valence-corrected chi connectivity index (χ2v) is 7.29. The summed E-state index contributed by atoms with van der Waals surface area (Å²) in [5.41, 5.74) is 0.205. The van der Waals surface area contributed by atoms with Crippen molar-refractivity contribution >= 4 is 5.91 Å². The van der Waals surface area contributed by atoms with Gasteiger partial charge < -0.3 is 4.90 Å². The Hall–Kier alpha value is -1.52. The molecular weight excluding hydrogens is 315 g/mol. The average Bonchev–Trinajstić information content (AvgIpc) is 3.35. The quantitative estimate of drug-likeness (QED) is 0.768. The van der Waals surface area contributed by atoms with E-state index in [1.54, 1.807) is 0 Å². The predicted octanol–water partition coefficient (Wildman–Crippen LogP) is 4.85. The monoisotopic (exact) mass is 339 g/mol. The minimum Gasteiger partial charge on any atom is -0.345 e. The summed E-state index contributed by atoms with van der Waals surface area (Å²) in [7, 11) is 1.86. The van der Waals surface area contributed by atoms with Crippen molar-refractivity contribution in [3.63, 3.8) is 0 Å². The lowest BCUT2D eigenvalue weighted by Gasteiger charge is -2.27. The Labute approximate surface area is 141 Å². The van der Waals surface area contributed by atoms with E-state index in [1.165, 1.54) is 44.2 Å². The number of hydrogen-bond acceptors (Lipinski definition) is 1. The summed E-state index contributed by atoms with van der Waals surface area (Å²) in [6.07, 6.45) is 2.65. The van der Waals surface area contributed by atoms with Crippen molar-refractivity contribution in [2.75, 3.05) is 13.6 Å².